The SMILES string of the molecule is CCOc1ccc2oc(C(=O)N/N=C/c3cc(Br)ccc3OCc3ccc(Cl)c(Cl)c3)cc2c1. The number of ether oxygens (including phenoxy) is 2. The highest BCUT2D eigenvalue weighted by atomic mass is 79.9. The number of carbonyl (C=O) groups excluding carboxylic acids is 1. The molecule has 1 N–H and O–H groups in total. The van der Waals surface area contributed by atoms with E-state index in [0.29, 0.717) is 39.3 Å². The van der Waals surface area contributed by atoms with Gasteiger partial charge in [0.05, 0.1) is 22.9 Å². The third-order valence-corrected chi connectivity index (χ3v) is 5.97. The number of benzene rings is 3. The van der Waals surface area contributed by atoms with Gasteiger partial charge in [-0.15, -0.1) is 0 Å². The number of nitrogens with one attached hydrogen (secondary N) is 1. The second kappa shape index (κ2) is 11.0. The van der Waals surface area contributed by atoms with Gasteiger partial charge in [0.1, 0.15) is 23.7 Å². The van der Waals surface area contributed by atoms with Crippen LogP contribution in [0.2, 0.25) is 10.0 Å². The van der Waals surface area contributed by atoms with E-state index in [4.69, 9.17) is 37.1 Å². The lowest BCUT2D eigenvalue weighted by Crippen LogP contribution is -2.16. The van der Waals surface area contributed by atoms with Crippen molar-refractivity contribution >= 4 is 62.2 Å². The van der Waals surface area contributed by atoms with Crippen LogP contribution in [0.5, 0.6) is 11.5 Å². The zero-order valence-electron chi connectivity index (χ0n) is 18.0. The summed E-state index contributed by atoms with van der Waals surface area (Å²) in [5.41, 5.74) is 4.60. The van der Waals surface area contributed by atoms with Gasteiger partial charge >= 0.3 is 5.91 Å². The molecule has 0 atom stereocenters. The van der Waals surface area contributed by atoms with Crippen LogP contribution in [-0.2, 0) is 6.61 Å². The van der Waals surface area contributed by atoms with Gasteiger partial charge in [-0.1, -0.05) is 45.2 Å². The van der Waals surface area contributed by atoms with E-state index in [2.05, 4.69) is 26.5 Å². The van der Waals surface area contributed by atoms with Crippen molar-refractivity contribution in [3.63, 3.8) is 0 Å². The third-order valence-electron chi connectivity index (χ3n) is 4.74. The number of carbonyl (C=O) groups is 1. The molecule has 0 aliphatic carbocycles. The molecular weight excluding hydrogens is 543 g/mol. The number of hydrogen-bond acceptors (Lipinski definition) is 5. The molecule has 0 bridgehead atoms. The zero-order chi connectivity index (χ0) is 24.1. The van der Waals surface area contributed by atoms with Crippen molar-refractivity contribution in [1.29, 1.82) is 0 Å². The lowest BCUT2D eigenvalue weighted by molar-refractivity contribution is 0.0929. The predicted octanol–water partition coefficient (Wildman–Crippen LogP) is 7.24. The van der Waals surface area contributed by atoms with E-state index < -0.39 is 5.91 Å². The molecule has 0 aliphatic heterocycles. The summed E-state index contributed by atoms with van der Waals surface area (Å²) in [4.78, 5) is 12.5. The fourth-order valence-electron chi connectivity index (χ4n) is 3.15. The van der Waals surface area contributed by atoms with Crippen molar-refractivity contribution in [3.8, 4) is 11.5 Å². The number of amides is 1. The van der Waals surface area contributed by atoms with Gasteiger partial charge in [0, 0.05) is 15.4 Å². The molecule has 0 saturated heterocycles. The predicted molar refractivity (Wildman–Crippen MR) is 137 cm³/mol. The van der Waals surface area contributed by atoms with Crippen LogP contribution in [0.25, 0.3) is 11.0 Å². The molecule has 0 saturated carbocycles. The van der Waals surface area contributed by atoms with E-state index in [9.17, 15) is 4.79 Å². The number of hydrazone groups is 1. The third kappa shape index (κ3) is 5.91. The molecule has 174 valence electrons. The molecule has 1 heterocycles. The molecule has 1 aromatic heterocycles. The Labute approximate surface area is 214 Å². The van der Waals surface area contributed by atoms with Crippen molar-refractivity contribution in [1.82, 2.24) is 5.43 Å². The maximum absolute atomic E-state index is 12.5. The summed E-state index contributed by atoms with van der Waals surface area (Å²) < 4.78 is 17.9. The summed E-state index contributed by atoms with van der Waals surface area (Å²) in [7, 11) is 0. The van der Waals surface area contributed by atoms with E-state index >= 15 is 0 Å². The Bertz CT molecular complexity index is 1370. The molecule has 0 aliphatic rings. The monoisotopic (exact) mass is 560 g/mol. The lowest BCUT2D eigenvalue weighted by atomic mass is 10.2. The van der Waals surface area contributed by atoms with Crippen LogP contribution in [0.4, 0.5) is 0 Å². The minimum absolute atomic E-state index is 0.145. The molecule has 0 spiro atoms. The Kier molecular flexibility index (Phi) is 7.77. The molecule has 9 heteroatoms. The van der Waals surface area contributed by atoms with Crippen LogP contribution in [0.1, 0.15) is 28.6 Å². The topological polar surface area (TPSA) is 73.1 Å². The Balaban J connectivity index is 1.44. The van der Waals surface area contributed by atoms with Gasteiger partial charge in [-0.2, -0.15) is 5.10 Å². The molecule has 3 aromatic carbocycles. The average molecular weight is 562 g/mol. The highest BCUT2D eigenvalue weighted by Gasteiger charge is 2.12. The highest BCUT2D eigenvalue weighted by molar-refractivity contribution is 9.10. The minimum Gasteiger partial charge on any atom is -0.494 e. The first-order valence-corrected chi connectivity index (χ1v) is 11.8. The normalized spacial score (nSPS) is 11.2. The minimum atomic E-state index is -0.473. The molecule has 1 amide bonds. The number of nitrogens with zero attached hydrogens (tertiary/aromatic N) is 1. The van der Waals surface area contributed by atoms with Crippen molar-refractivity contribution in [2.24, 2.45) is 5.10 Å². The first-order chi connectivity index (χ1) is 16.4. The fraction of sp³-hybridized carbons (Fsp3) is 0.120. The summed E-state index contributed by atoms with van der Waals surface area (Å²) in [6.07, 6.45) is 1.50. The summed E-state index contributed by atoms with van der Waals surface area (Å²) in [5.74, 6) is 0.966. The second-order valence-corrected chi connectivity index (χ2v) is 8.89. The molecular formula is C25H19BrCl2N2O4. The number of furan rings is 1. The van der Waals surface area contributed by atoms with Gasteiger partial charge in [-0.25, -0.2) is 5.43 Å². The number of fused-ring (bicyclic) bond motifs is 1. The van der Waals surface area contributed by atoms with Crippen LogP contribution < -0.4 is 14.9 Å². The summed E-state index contributed by atoms with van der Waals surface area (Å²) in [5, 5.41) is 5.78. The summed E-state index contributed by atoms with van der Waals surface area (Å²) >= 11 is 15.5. The van der Waals surface area contributed by atoms with Crippen LogP contribution in [-0.4, -0.2) is 18.7 Å². The second-order valence-electron chi connectivity index (χ2n) is 7.16. The summed E-state index contributed by atoms with van der Waals surface area (Å²) in [6.45, 7) is 2.75. The maximum atomic E-state index is 12.5. The Morgan fingerprint density at radius 1 is 1.06 bits per heavy atom. The molecule has 6 nitrogen and oxygen atoms in total. The van der Waals surface area contributed by atoms with Gasteiger partial charge in [0.15, 0.2) is 5.76 Å². The summed E-state index contributed by atoms with van der Waals surface area (Å²) in [6, 6.07) is 17.8. The fourth-order valence-corrected chi connectivity index (χ4v) is 3.85. The smallest absolute Gasteiger partial charge is 0.307 e. The van der Waals surface area contributed by atoms with Crippen LogP contribution in [0, 0.1) is 0 Å². The molecule has 0 radical (unpaired) electrons. The van der Waals surface area contributed by atoms with E-state index in [0.717, 1.165) is 15.4 Å². The van der Waals surface area contributed by atoms with Crippen molar-refractivity contribution in [2.75, 3.05) is 6.61 Å². The van der Waals surface area contributed by atoms with Crippen LogP contribution in [0.3, 0.4) is 0 Å². The Hall–Kier alpha value is -3.00. The van der Waals surface area contributed by atoms with E-state index in [1.54, 1.807) is 36.4 Å². The highest BCUT2D eigenvalue weighted by Crippen LogP contribution is 2.26. The van der Waals surface area contributed by atoms with Gasteiger partial charge in [-0.05, 0) is 67.1 Å². The molecule has 4 rings (SSSR count). The first kappa shape index (κ1) is 24.1. The number of rotatable bonds is 8. The molecule has 34 heavy (non-hydrogen) atoms. The van der Waals surface area contributed by atoms with Gasteiger partial charge in [-0.3, -0.25) is 4.79 Å². The molecule has 0 fully saturated rings. The maximum Gasteiger partial charge on any atom is 0.307 e. The van der Waals surface area contributed by atoms with Crippen molar-refractivity contribution in [2.45, 2.75) is 13.5 Å². The molecule has 4 aromatic rings. The van der Waals surface area contributed by atoms with Crippen LogP contribution >= 0.6 is 39.1 Å². The standard InChI is InChI=1S/C25H19BrCl2N2O4/c1-2-32-19-5-8-23-16(11-19)12-24(34-23)25(31)30-29-13-17-10-18(26)4-7-22(17)33-14-15-3-6-20(27)21(28)9-15/h3-13H,2,14H2,1H3,(H,30,31)/b29-13+. The van der Waals surface area contributed by atoms with Gasteiger partial charge < -0.3 is 13.9 Å². The number of halogens is 3. The number of hydrogen-bond donors (Lipinski definition) is 1. The average Bonchev–Trinajstić information content (AvgIpc) is 3.24. The lowest BCUT2D eigenvalue weighted by Gasteiger charge is -2.10. The van der Waals surface area contributed by atoms with Gasteiger partial charge in [0.2, 0.25) is 0 Å². The van der Waals surface area contributed by atoms with E-state index in [-0.39, 0.29) is 12.4 Å². The zero-order valence-corrected chi connectivity index (χ0v) is 21.1. The Morgan fingerprint density at radius 3 is 2.71 bits per heavy atom. The van der Waals surface area contributed by atoms with Crippen molar-refractivity contribution in [3.05, 3.63) is 92.1 Å². The van der Waals surface area contributed by atoms with E-state index in [1.807, 2.05) is 31.2 Å². The quantitative estimate of drug-likeness (QED) is 0.182. The first-order valence-electron chi connectivity index (χ1n) is 10.3. The van der Waals surface area contributed by atoms with Crippen molar-refractivity contribution < 1.29 is 18.7 Å². The van der Waals surface area contributed by atoms with Crippen LogP contribution in [0.15, 0.2) is 74.7 Å². The van der Waals surface area contributed by atoms with E-state index in [1.165, 1.54) is 6.21 Å². The molecule has 0 unspecified atom stereocenters. The van der Waals surface area contributed by atoms with Gasteiger partial charge in [0.25, 0.3) is 0 Å². The largest absolute Gasteiger partial charge is 0.494 e. The Morgan fingerprint density at radius 2 is 1.91 bits per heavy atom.